The van der Waals surface area contributed by atoms with Crippen LogP contribution in [0.4, 0.5) is 0 Å². The molecule has 0 N–H and O–H groups in total. The summed E-state index contributed by atoms with van der Waals surface area (Å²) in [5, 5.41) is 0. The van der Waals surface area contributed by atoms with E-state index in [4.69, 9.17) is 0 Å². The van der Waals surface area contributed by atoms with Crippen molar-refractivity contribution in [2.24, 2.45) is 0 Å². The number of nitrogens with zero attached hydrogens (tertiary/aromatic N) is 1. The Balaban J connectivity index is 2.58. The van der Waals surface area contributed by atoms with Gasteiger partial charge in [-0.1, -0.05) is 45.0 Å². The van der Waals surface area contributed by atoms with Crippen LogP contribution < -0.4 is 0 Å². The lowest BCUT2D eigenvalue weighted by Gasteiger charge is -2.22. The molecule has 0 saturated heterocycles. The molecule has 0 aliphatic carbocycles. The van der Waals surface area contributed by atoms with Crippen LogP contribution in [-0.4, -0.2) is 4.98 Å². The van der Waals surface area contributed by atoms with Gasteiger partial charge in [0.25, 0.3) is 0 Å². The highest BCUT2D eigenvalue weighted by Gasteiger charge is 2.18. The maximum Gasteiger partial charge on any atom is 0.0797 e. The first-order chi connectivity index (χ1) is 7.09. The molecule has 0 radical (unpaired) electrons. The Morgan fingerprint density at radius 3 is 2.47 bits per heavy atom. The molecule has 1 heterocycles. The third-order valence-corrected chi connectivity index (χ3v) is 3.24. The van der Waals surface area contributed by atoms with E-state index in [2.05, 4.69) is 50.0 Å². The molecule has 0 amide bonds. The molecule has 15 heavy (non-hydrogen) atoms. The molecule has 0 atom stereocenters. The third kappa shape index (κ3) is 2.10. The van der Waals surface area contributed by atoms with Crippen molar-refractivity contribution in [3.8, 4) is 10.4 Å². The molecular formula is C13H15NS. The molecule has 1 aromatic heterocycles. The van der Waals surface area contributed by atoms with E-state index >= 15 is 0 Å². The molecule has 2 heteroatoms. The van der Waals surface area contributed by atoms with Crippen LogP contribution in [0, 0.1) is 0 Å². The summed E-state index contributed by atoms with van der Waals surface area (Å²) >= 11 is 1.70. The fourth-order valence-corrected chi connectivity index (χ4v) is 2.36. The molecule has 0 spiro atoms. The minimum atomic E-state index is 0.181. The maximum absolute atomic E-state index is 4.14. The Morgan fingerprint density at radius 1 is 1.13 bits per heavy atom. The monoisotopic (exact) mass is 217 g/mol. The molecule has 0 aliphatic heterocycles. The summed E-state index contributed by atoms with van der Waals surface area (Å²) in [6.45, 7) is 6.73. The summed E-state index contributed by atoms with van der Waals surface area (Å²) < 4.78 is 0. The van der Waals surface area contributed by atoms with E-state index in [1.807, 2.05) is 11.7 Å². The SMILES string of the molecule is CC(C)(C)c1ccccc1-c1cncs1. The lowest BCUT2D eigenvalue weighted by molar-refractivity contribution is 0.592. The molecule has 0 unspecified atom stereocenters. The van der Waals surface area contributed by atoms with Gasteiger partial charge in [0.05, 0.1) is 10.4 Å². The second-order valence-corrected chi connectivity index (χ2v) is 5.55. The average Bonchev–Trinajstić information content (AvgIpc) is 2.69. The quantitative estimate of drug-likeness (QED) is 0.700. The highest BCUT2D eigenvalue weighted by atomic mass is 32.1. The van der Waals surface area contributed by atoms with Gasteiger partial charge < -0.3 is 0 Å². The van der Waals surface area contributed by atoms with Gasteiger partial charge in [-0.3, -0.25) is 4.98 Å². The van der Waals surface area contributed by atoms with Crippen molar-refractivity contribution in [1.29, 1.82) is 0 Å². The molecule has 0 bridgehead atoms. The summed E-state index contributed by atoms with van der Waals surface area (Å²) in [4.78, 5) is 5.39. The van der Waals surface area contributed by atoms with Crippen molar-refractivity contribution in [1.82, 2.24) is 4.98 Å². The number of hydrogen-bond acceptors (Lipinski definition) is 2. The van der Waals surface area contributed by atoms with Gasteiger partial charge in [-0.05, 0) is 16.5 Å². The first-order valence-electron chi connectivity index (χ1n) is 5.07. The van der Waals surface area contributed by atoms with E-state index in [0.29, 0.717) is 0 Å². The van der Waals surface area contributed by atoms with Crippen molar-refractivity contribution >= 4 is 11.3 Å². The van der Waals surface area contributed by atoms with E-state index in [-0.39, 0.29) is 5.41 Å². The predicted molar refractivity (Wildman–Crippen MR) is 66.3 cm³/mol. The topological polar surface area (TPSA) is 12.9 Å². The summed E-state index contributed by atoms with van der Waals surface area (Å²) in [5.41, 5.74) is 4.76. The van der Waals surface area contributed by atoms with E-state index in [9.17, 15) is 0 Å². The Labute approximate surface area is 94.8 Å². The molecule has 78 valence electrons. The van der Waals surface area contributed by atoms with Crippen LogP contribution in [0.25, 0.3) is 10.4 Å². The minimum absolute atomic E-state index is 0.181. The Bertz CT molecular complexity index is 438. The van der Waals surface area contributed by atoms with Crippen LogP contribution in [-0.2, 0) is 5.41 Å². The van der Waals surface area contributed by atoms with E-state index in [1.54, 1.807) is 11.3 Å². The lowest BCUT2D eigenvalue weighted by atomic mass is 9.83. The minimum Gasteiger partial charge on any atom is -0.252 e. The second kappa shape index (κ2) is 3.78. The number of aromatic nitrogens is 1. The van der Waals surface area contributed by atoms with Crippen LogP contribution in [0.3, 0.4) is 0 Å². The molecule has 0 fully saturated rings. The fraction of sp³-hybridized carbons (Fsp3) is 0.308. The number of hydrogen-bond donors (Lipinski definition) is 0. The van der Waals surface area contributed by atoms with Gasteiger partial charge in [-0.2, -0.15) is 0 Å². The van der Waals surface area contributed by atoms with Gasteiger partial charge in [0.2, 0.25) is 0 Å². The van der Waals surface area contributed by atoms with Gasteiger partial charge >= 0.3 is 0 Å². The largest absolute Gasteiger partial charge is 0.252 e. The van der Waals surface area contributed by atoms with Crippen LogP contribution in [0.2, 0.25) is 0 Å². The van der Waals surface area contributed by atoms with E-state index in [0.717, 1.165) is 0 Å². The molecule has 2 rings (SSSR count). The van der Waals surface area contributed by atoms with Crippen molar-refractivity contribution < 1.29 is 0 Å². The molecule has 0 aliphatic rings. The Morgan fingerprint density at radius 2 is 1.87 bits per heavy atom. The summed E-state index contributed by atoms with van der Waals surface area (Å²) in [7, 11) is 0. The fourth-order valence-electron chi connectivity index (χ4n) is 1.70. The number of benzene rings is 1. The highest BCUT2D eigenvalue weighted by molar-refractivity contribution is 7.13. The van der Waals surface area contributed by atoms with Gasteiger partial charge in [-0.25, -0.2) is 0 Å². The summed E-state index contributed by atoms with van der Waals surface area (Å²) in [6.07, 6.45) is 1.94. The zero-order valence-corrected chi connectivity index (χ0v) is 10.1. The lowest BCUT2D eigenvalue weighted by Crippen LogP contribution is -2.12. The van der Waals surface area contributed by atoms with E-state index in [1.165, 1.54) is 16.0 Å². The van der Waals surface area contributed by atoms with Gasteiger partial charge in [0, 0.05) is 6.20 Å². The predicted octanol–water partition coefficient (Wildman–Crippen LogP) is 4.11. The normalized spacial score (nSPS) is 11.7. The zero-order valence-electron chi connectivity index (χ0n) is 9.32. The van der Waals surface area contributed by atoms with Crippen LogP contribution in [0.15, 0.2) is 36.0 Å². The van der Waals surface area contributed by atoms with Crippen molar-refractivity contribution in [3.63, 3.8) is 0 Å². The summed E-state index contributed by atoms with van der Waals surface area (Å²) in [5.74, 6) is 0. The van der Waals surface area contributed by atoms with Crippen molar-refractivity contribution in [3.05, 3.63) is 41.5 Å². The third-order valence-electron chi connectivity index (χ3n) is 2.43. The maximum atomic E-state index is 4.14. The molecule has 1 aromatic carbocycles. The van der Waals surface area contributed by atoms with Crippen molar-refractivity contribution in [2.45, 2.75) is 26.2 Å². The molecule has 0 saturated carbocycles. The Kier molecular flexibility index (Phi) is 2.61. The standard InChI is InChI=1S/C13H15NS/c1-13(2,3)11-7-5-4-6-10(11)12-8-14-9-15-12/h4-9H,1-3H3. The van der Waals surface area contributed by atoms with E-state index < -0.39 is 0 Å². The molecule has 1 nitrogen and oxygen atoms in total. The van der Waals surface area contributed by atoms with Crippen molar-refractivity contribution in [2.75, 3.05) is 0 Å². The number of thiazole rings is 1. The first-order valence-corrected chi connectivity index (χ1v) is 5.95. The zero-order chi connectivity index (χ0) is 10.9. The first kappa shape index (κ1) is 10.4. The molecular weight excluding hydrogens is 202 g/mol. The smallest absolute Gasteiger partial charge is 0.0797 e. The average molecular weight is 217 g/mol. The van der Waals surface area contributed by atoms with Gasteiger partial charge in [0.15, 0.2) is 0 Å². The number of rotatable bonds is 1. The van der Waals surface area contributed by atoms with Crippen LogP contribution >= 0.6 is 11.3 Å². The van der Waals surface area contributed by atoms with Gasteiger partial charge in [-0.15, -0.1) is 11.3 Å². The van der Waals surface area contributed by atoms with Crippen LogP contribution in [0.5, 0.6) is 0 Å². The van der Waals surface area contributed by atoms with Gasteiger partial charge in [0.1, 0.15) is 0 Å². The Hall–Kier alpha value is -1.15. The molecule has 2 aromatic rings. The second-order valence-electron chi connectivity index (χ2n) is 4.66. The van der Waals surface area contributed by atoms with Crippen LogP contribution in [0.1, 0.15) is 26.3 Å². The highest BCUT2D eigenvalue weighted by Crippen LogP contribution is 2.34. The summed E-state index contributed by atoms with van der Waals surface area (Å²) in [6, 6.07) is 8.57.